The minimum Gasteiger partial charge on any atom is -0.465 e. The quantitative estimate of drug-likeness (QED) is 0.345. The van der Waals surface area contributed by atoms with E-state index in [4.69, 9.17) is 13.9 Å². The van der Waals surface area contributed by atoms with E-state index in [0.29, 0.717) is 22.0 Å². The number of ketones is 1. The Morgan fingerprint density at radius 2 is 2.00 bits per heavy atom. The molecular weight excluding hydrogens is 332 g/mol. The maximum Gasteiger partial charge on any atom is 0.348 e. The molecule has 0 aliphatic rings. The smallest absolute Gasteiger partial charge is 0.348 e. The molecule has 0 unspecified atom stereocenters. The Labute approximate surface area is 142 Å². The lowest BCUT2D eigenvalue weighted by molar-refractivity contribution is -0.139. The summed E-state index contributed by atoms with van der Waals surface area (Å²) < 4.78 is 15.2. The first-order valence-electron chi connectivity index (χ1n) is 7.13. The van der Waals surface area contributed by atoms with Crippen LogP contribution in [0.4, 0.5) is 0 Å². The van der Waals surface area contributed by atoms with Crippen molar-refractivity contribution in [3.8, 4) is 11.3 Å². The van der Waals surface area contributed by atoms with Crippen LogP contribution >= 0.6 is 11.3 Å². The highest BCUT2D eigenvalue weighted by molar-refractivity contribution is 7.12. The number of Topliss-reactive ketones (excluding diaryl/α,β-unsaturated/α-hetero) is 1. The van der Waals surface area contributed by atoms with E-state index in [1.807, 2.05) is 0 Å². The van der Waals surface area contributed by atoms with E-state index in [0.717, 1.165) is 0 Å². The predicted molar refractivity (Wildman–Crippen MR) is 88.7 cm³/mol. The first-order chi connectivity index (χ1) is 11.5. The van der Waals surface area contributed by atoms with Crippen LogP contribution in [0.25, 0.3) is 17.4 Å². The molecule has 0 aliphatic heterocycles. The first-order valence-corrected chi connectivity index (χ1v) is 8.01. The molecule has 2 heterocycles. The van der Waals surface area contributed by atoms with Crippen LogP contribution in [0.2, 0.25) is 0 Å². The van der Waals surface area contributed by atoms with Gasteiger partial charge in [-0.05, 0) is 43.5 Å². The molecule has 2 aromatic rings. The van der Waals surface area contributed by atoms with Crippen molar-refractivity contribution >= 4 is 35.1 Å². The van der Waals surface area contributed by atoms with Gasteiger partial charge in [-0.1, -0.05) is 0 Å². The van der Waals surface area contributed by atoms with E-state index >= 15 is 0 Å². The fourth-order valence-corrected chi connectivity index (χ4v) is 2.80. The fourth-order valence-electron chi connectivity index (χ4n) is 1.98. The molecule has 0 atom stereocenters. The Morgan fingerprint density at radius 3 is 2.62 bits per heavy atom. The van der Waals surface area contributed by atoms with Crippen molar-refractivity contribution in [2.45, 2.75) is 13.8 Å². The molecule has 7 heteroatoms. The molecule has 0 saturated carbocycles. The highest BCUT2D eigenvalue weighted by Gasteiger charge is 2.19. The predicted octanol–water partition coefficient (Wildman–Crippen LogP) is 3.33. The number of rotatable bonds is 6. The molecule has 0 aliphatic carbocycles. The van der Waals surface area contributed by atoms with E-state index in [1.165, 1.54) is 31.4 Å². The Morgan fingerprint density at radius 1 is 1.25 bits per heavy atom. The maximum atomic E-state index is 11.8. The van der Waals surface area contributed by atoms with Crippen LogP contribution in [-0.2, 0) is 19.1 Å². The number of ether oxygens (including phenoxy) is 2. The van der Waals surface area contributed by atoms with Gasteiger partial charge >= 0.3 is 11.9 Å². The van der Waals surface area contributed by atoms with Gasteiger partial charge in [-0.25, -0.2) is 9.59 Å². The summed E-state index contributed by atoms with van der Waals surface area (Å²) in [5.41, 5.74) is 0.489. The van der Waals surface area contributed by atoms with Crippen molar-refractivity contribution in [2.24, 2.45) is 0 Å². The van der Waals surface area contributed by atoms with Crippen molar-refractivity contribution in [1.82, 2.24) is 0 Å². The van der Waals surface area contributed by atoms with Gasteiger partial charge in [-0.2, -0.15) is 0 Å². The van der Waals surface area contributed by atoms with Crippen molar-refractivity contribution < 1.29 is 28.3 Å². The van der Waals surface area contributed by atoms with Crippen LogP contribution in [0.1, 0.15) is 29.3 Å². The van der Waals surface area contributed by atoms with Crippen LogP contribution in [0, 0.1) is 0 Å². The summed E-state index contributed by atoms with van der Waals surface area (Å²) in [6.07, 6.45) is 1.33. The molecular formula is C17H16O6S. The Kier molecular flexibility index (Phi) is 5.70. The van der Waals surface area contributed by atoms with E-state index in [9.17, 15) is 14.4 Å². The summed E-state index contributed by atoms with van der Waals surface area (Å²) in [5, 5.41) is 1.75. The largest absolute Gasteiger partial charge is 0.465 e. The lowest BCUT2D eigenvalue weighted by Gasteiger charge is -2.02. The summed E-state index contributed by atoms with van der Waals surface area (Å²) in [6, 6.07) is 5.00. The van der Waals surface area contributed by atoms with Crippen molar-refractivity contribution in [1.29, 1.82) is 0 Å². The number of carbonyl (C=O) groups excluding carboxylic acids is 3. The number of thiophene rings is 1. The Bertz CT molecular complexity index is 796. The third-order valence-corrected chi connectivity index (χ3v) is 3.98. The van der Waals surface area contributed by atoms with Crippen LogP contribution in [0.5, 0.6) is 0 Å². The van der Waals surface area contributed by atoms with Gasteiger partial charge < -0.3 is 13.9 Å². The molecule has 6 nitrogen and oxygen atoms in total. The molecule has 0 N–H and O–H groups in total. The molecule has 126 valence electrons. The van der Waals surface area contributed by atoms with Gasteiger partial charge in [0.2, 0.25) is 0 Å². The van der Waals surface area contributed by atoms with Gasteiger partial charge in [0, 0.05) is 5.56 Å². The third kappa shape index (κ3) is 3.80. The molecule has 0 bridgehead atoms. The first kappa shape index (κ1) is 17.7. The minimum absolute atomic E-state index is 0.101. The second-order valence-corrected chi connectivity index (χ2v) is 5.61. The van der Waals surface area contributed by atoms with Crippen LogP contribution in [-0.4, -0.2) is 31.4 Å². The summed E-state index contributed by atoms with van der Waals surface area (Å²) >= 11 is 1.24. The average Bonchev–Trinajstić information content (AvgIpc) is 3.20. The summed E-state index contributed by atoms with van der Waals surface area (Å²) in [4.78, 5) is 35.6. The Hall–Kier alpha value is -2.67. The number of esters is 2. The molecule has 24 heavy (non-hydrogen) atoms. The lowest BCUT2D eigenvalue weighted by Crippen LogP contribution is -2.13. The zero-order chi connectivity index (χ0) is 17.7. The van der Waals surface area contributed by atoms with E-state index in [2.05, 4.69) is 0 Å². The van der Waals surface area contributed by atoms with Crippen LogP contribution in [0.15, 0.2) is 33.6 Å². The topological polar surface area (TPSA) is 82.8 Å². The number of methoxy groups -OCH3 is 1. The van der Waals surface area contributed by atoms with Crippen molar-refractivity contribution in [2.75, 3.05) is 13.7 Å². The number of hydrogen-bond donors (Lipinski definition) is 0. The second kappa shape index (κ2) is 7.74. The van der Waals surface area contributed by atoms with Crippen LogP contribution in [0.3, 0.4) is 0 Å². The second-order valence-electron chi connectivity index (χ2n) is 4.69. The average molecular weight is 348 g/mol. The molecule has 0 spiro atoms. The van der Waals surface area contributed by atoms with Gasteiger partial charge in [0.25, 0.3) is 0 Å². The molecule has 2 aromatic heterocycles. The fraction of sp³-hybridized carbons (Fsp3) is 0.235. The molecule has 0 amide bonds. The highest BCUT2D eigenvalue weighted by Crippen LogP contribution is 2.31. The SMILES string of the molecule is CCOC(=O)/C(=C\c1ccc(-c2ccsc2C(=O)OC)o1)C(C)=O. The Balaban J connectivity index is 2.35. The highest BCUT2D eigenvalue weighted by atomic mass is 32.1. The van der Waals surface area contributed by atoms with E-state index in [1.54, 1.807) is 30.5 Å². The van der Waals surface area contributed by atoms with Gasteiger partial charge in [-0.3, -0.25) is 4.79 Å². The zero-order valence-electron chi connectivity index (χ0n) is 13.5. The monoisotopic (exact) mass is 348 g/mol. The van der Waals surface area contributed by atoms with Crippen LogP contribution < -0.4 is 0 Å². The summed E-state index contributed by atoms with van der Waals surface area (Å²) in [6.45, 7) is 3.11. The molecule has 0 aromatic carbocycles. The summed E-state index contributed by atoms with van der Waals surface area (Å²) in [5.74, 6) is -0.824. The van der Waals surface area contributed by atoms with Crippen molar-refractivity contribution in [3.63, 3.8) is 0 Å². The van der Waals surface area contributed by atoms with Gasteiger partial charge in [0.15, 0.2) is 5.78 Å². The molecule has 0 saturated heterocycles. The number of furan rings is 1. The van der Waals surface area contributed by atoms with E-state index in [-0.39, 0.29) is 12.2 Å². The maximum absolute atomic E-state index is 11.8. The molecule has 0 fully saturated rings. The zero-order valence-corrected chi connectivity index (χ0v) is 14.3. The van der Waals surface area contributed by atoms with Gasteiger partial charge in [0.1, 0.15) is 22.0 Å². The number of carbonyl (C=O) groups is 3. The number of hydrogen-bond acceptors (Lipinski definition) is 7. The lowest BCUT2D eigenvalue weighted by atomic mass is 10.1. The van der Waals surface area contributed by atoms with Gasteiger partial charge in [0.05, 0.1) is 13.7 Å². The standard InChI is InChI=1S/C17H16O6S/c1-4-22-16(19)13(10(2)18)9-11-5-6-14(23-11)12-7-8-24-15(12)17(20)21-3/h5-9H,4H2,1-3H3/b13-9-. The molecule has 0 radical (unpaired) electrons. The third-order valence-electron chi connectivity index (χ3n) is 3.09. The minimum atomic E-state index is -0.700. The summed E-state index contributed by atoms with van der Waals surface area (Å²) in [7, 11) is 1.31. The normalized spacial score (nSPS) is 11.2. The van der Waals surface area contributed by atoms with Gasteiger partial charge in [-0.15, -0.1) is 11.3 Å². The molecule has 2 rings (SSSR count). The van der Waals surface area contributed by atoms with E-state index < -0.39 is 17.7 Å². The van der Waals surface area contributed by atoms with Crippen molar-refractivity contribution in [3.05, 3.63) is 39.8 Å².